The lowest BCUT2D eigenvalue weighted by Crippen LogP contribution is -2.54. The van der Waals surface area contributed by atoms with Gasteiger partial charge in [0.05, 0.1) is 0 Å². The van der Waals surface area contributed by atoms with Crippen molar-refractivity contribution in [2.45, 2.75) is 31.7 Å². The summed E-state index contributed by atoms with van der Waals surface area (Å²) in [6.07, 6.45) is 5.28. The Labute approximate surface area is 126 Å². The monoisotopic (exact) mass is 291 g/mol. The van der Waals surface area contributed by atoms with Crippen LogP contribution < -0.4 is 10.6 Å². The quantitative estimate of drug-likeness (QED) is 0.928. The van der Waals surface area contributed by atoms with Gasteiger partial charge in [0, 0.05) is 37.9 Å². The van der Waals surface area contributed by atoms with Crippen LogP contribution in [0.1, 0.15) is 25.7 Å². The zero-order valence-electron chi connectivity index (χ0n) is 12.7. The number of piperazine rings is 1. The fourth-order valence-electron chi connectivity index (χ4n) is 3.91. The van der Waals surface area contributed by atoms with Gasteiger partial charge < -0.3 is 10.6 Å². The SMILES string of the molecule is NCC1CCCCC1N1CCN(c2ccc(F)cc2)CC1. The van der Waals surface area contributed by atoms with Gasteiger partial charge in [-0.3, -0.25) is 4.90 Å². The molecule has 1 aliphatic heterocycles. The largest absolute Gasteiger partial charge is 0.369 e. The molecule has 1 aliphatic carbocycles. The summed E-state index contributed by atoms with van der Waals surface area (Å²) in [5, 5.41) is 0. The van der Waals surface area contributed by atoms with E-state index in [-0.39, 0.29) is 5.82 Å². The smallest absolute Gasteiger partial charge is 0.123 e. The minimum atomic E-state index is -0.162. The van der Waals surface area contributed by atoms with Crippen LogP contribution in [0.2, 0.25) is 0 Å². The standard InChI is InChI=1S/C17H26FN3/c18-15-5-7-16(8-6-15)20-9-11-21(12-10-20)17-4-2-1-3-14(17)13-19/h5-8,14,17H,1-4,9-13,19H2. The van der Waals surface area contributed by atoms with Crippen LogP contribution in [0.5, 0.6) is 0 Å². The second-order valence-electron chi connectivity index (χ2n) is 6.35. The average Bonchev–Trinajstić information content (AvgIpc) is 2.56. The fourth-order valence-corrected chi connectivity index (χ4v) is 3.91. The van der Waals surface area contributed by atoms with E-state index in [2.05, 4.69) is 9.80 Å². The maximum atomic E-state index is 13.0. The van der Waals surface area contributed by atoms with Gasteiger partial charge in [0.15, 0.2) is 0 Å². The van der Waals surface area contributed by atoms with Gasteiger partial charge in [-0.2, -0.15) is 0 Å². The number of benzene rings is 1. The van der Waals surface area contributed by atoms with Crippen LogP contribution >= 0.6 is 0 Å². The molecule has 1 aromatic carbocycles. The molecule has 2 unspecified atom stereocenters. The van der Waals surface area contributed by atoms with Crippen LogP contribution in [0.15, 0.2) is 24.3 Å². The number of halogens is 1. The van der Waals surface area contributed by atoms with Crippen molar-refractivity contribution in [1.29, 1.82) is 0 Å². The molecule has 2 atom stereocenters. The number of nitrogens with two attached hydrogens (primary N) is 1. The van der Waals surface area contributed by atoms with Crippen LogP contribution in [0.4, 0.5) is 10.1 Å². The predicted molar refractivity (Wildman–Crippen MR) is 85.0 cm³/mol. The average molecular weight is 291 g/mol. The molecule has 2 N–H and O–H groups in total. The lowest BCUT2D eigenvalue weighted by Gasteiger charge is -2.44. The molecule has 1 saturated heterocycles. The Balaban J connectivity index is 1.58. The van der Waals surface area contributed by atoms with Crippen molar-refractivity contribution < 1.29 is 4.39 Å². The van der Waals surface area contributed by atoms with E-state index < -0.39 is 0 Å². The normalized spacial score (nSPS) is 27.8. The van der Waals surface area contributed by atoms with Crippen LogP contribution in [-0.4, -0.2) is 43.7 Å². The molecule has 0 amide bonds. The van der Waals surface area contributed by atoms with Crippen molar-refractivity contribution in [2.24, 2.45) is 11.7 Å². The molecule has 1 aromatic rings. The van der Waals surface area contributed by atoms with Gasteiger partial charge in [-0.1, -0.05) is 12.8 Å². The summed E-state index contributed by atoms with van der Waals surface area (Å²) in [6.45, 7) is 5.07. The maximum Gasteiger partial charge on any atom is 0.123 e. The number of hydrogen-bond donors (Lipinski definition) is 1. The highest BCUT2D eigenvalue weighted by molar-refractivity contribution is 5.46. The van der Waals surface area contributed by atoms with Crippen molar-refractivity contribution in [1.82, 2.24) is 4.90 Å². The summed E-state index contributed by atoms with van der Waals surface area (Å²) in [5.74, 6) is 0.515. The molecular weight excluding hydrogens is 265 g/mol. The Kier molecular flexibility index (Phi) is 4.76. The van der Waals surface area contributed by atoms with Gasteiger partial charge in [-0.15, -0.1) is 0 Å². The second kappa shape index (κ2) is 6.75. The molecule has 0 radical (unpaired) electrons. The van der Waals surface area contributed by atoms with Crippen molar-refractivity contribution in [2.75, 3.05) is 37.6 Å². The number of anilines is 1. The summed E-state index contributed by atoms with van der Waals surface area (Å²) < 4.78 is 13.0. The zero-order valence-corrected chi connectivity index (χ0v) is 12.7. The minimum absolute atomic E-state index is 0.162. The van der Waals surface area contributed by atoms with Crippen molar-refractivity contribution >= 4 is 5.69 Å². The zero-order chi connectivity index (χ0) is 14.7. The van der Waals surface area contributed by atoms with Crippen LogP contribution in [-0.2, 0) is 0 Å². The molecule has 21 heavy (non-hydrogen) atoms. The first-order chi connectivity index (χ1) is 10.3. The third-order valence-corrected chi connectivity index (χ3v) is 5.15. The van der Waals surface area contributed by atoms with E-state index in [4.69, 9.17) is 5.73 Å². The van der Waals surface area contributed by atoms with Crippen molar-refractivity contribution in [3.8, 4) is 0 Å². The Hall–Kier alpha value is -1.13. The van der Waals surface area contributed by atoms with E-state index >= 15 is 0 Å². The lowest BCUT2D eigenvalue weighted by molar-refractivity contribution is 0.101. The van der Waals surface area contributed by atoms with E-state index in [0.717, 1.165) is 38.4 Å². The fraction of sp³-hybridized carbons (Fsp3) is 0.647. The van der Waals surface area contributed by atoms with Crippen LogP contribution in [0, 0.1) is 11.7 Å². The first-order valence-corrected chi connectivity index (χ1v) is 8.22. The first-order valence-electron chi connectivity index (χ1n) is 8.22. The Morgan fingerprint density at radius 1 is 1.00 bits per heavy atom. The lowest BCUT2D eigenvalue weighted by atomic mass is 9.83. The van der Waals surface area contributed by atoms with Gasteiger partial charge in [0.1, 0.15) is 5.82 Å². The Morgan fingerprint density at radius 2 is 1.67 bits per heavy atom. The van der Waals surface area contributed by atoms with Crippen molar-refractivity contribution in [3.63, 3.8) is 0 Å². The highest BCUT2D eigenvalue weighted by Gasteiger charge is 2.31. The number of nitrogens with zero attached hydrogens (tertiary/aromatic N) is 2. The van der Waals surface area contributed by atoms with Crippen LogP contribution in [0.25, 0.3) is 0 Å². The van der Waals surface area contributed by atoms with Gasteiger partial charge in [0.2, 0.25) is 0 Å². The van der Waals surface area contributed by atoms with Gasteiger partial charge in [0.25, 0.3) is 0 Å². The van der Waals surface area contributed by atoms with Gasteiger partial charge in [-0.05, 0) is 49.6 Å². The highest BCUT2D eigenvalue weighted by Crippen LogP contribution is 2.29. The van der Waals surface area contributed by atoms with Gasteiger partial charge in [-0.25, -0.2) is 4.39 Å². The van der Waals surface area contributed by atoms with Crippen LogP contribution in [0.3, 0.4) is 0 Å². The summed E-state index contributed by atoms with van der Waals surface area (Å²) in [7, 11) is 0. The van der Waals surface area contributed by atoms with E-state index in [9.17, 15) is 4.39 Å². The van der Waals surface area contributed by atoms with Crippen molar-refractivity contribution in [3.05, 3.63) is 30.1 Å². The Bertz CT molecular complexity index is 440. The third kappa shape index (κ3) is 3.38. The highest BCUT2D eigenvalue weighted by atomic mass is 19.1. The number of hydrogen-bond acceptors (Lipinski definition) is 3. The third-order valence-electron chi connectivity index (χ3n) is 5.15. The molecule has 3 nitrogen and oxygen atoms in total. The molecule has 3 rings (SSSR count). The van der Waals surface area contributed by atoms with E-state index in [1.54, 1.807) is 12.1 Å². The molecule has 0 spiro atoms. The molecular formula is C17H26FN3. The molecule has 116 valence electrons. The molecule has 1 saturated carbocycles. The molecule has 2 fully saturated rings. The number of rotatable bonds is 3. The molecule has 2 aliphatic rings. The summed E-state index contributed by atoms with van der Waals surface area (Å²) in [4.78, 5) is 4.99. The maximum absolute atomic E-state index is 13.0. The second-order valence-corrected chi connectivity index (χ2v) is 6.35. The minimum Gasteiger partial charge on any atom is -0.369 e. The van der Waals surface area contributed by atoms with Gasteiger partial charge >= 0.3 is 0 Å². The Morgan fingerprint density at radius 3 is 2.33 bits per heavy atom. The molecule has 0 bridgehead atoms. The summed E-state index contributed by atoms with van der Waals surface area (Å²) in [5.41, 5.74) is 7.09. The van der Waals surface area contributed by atoms with E-state index in [0.29, 0.717) is 12.0 Å². The molecule has 1 heterocycles. The topological polar surface area (TPSA) is 32.5 Å². The first kappa shape index (κ1) is 14.8. The van der Waals surface area contributed by atoms with E-state index in [1.807, 2.05) is 12.1 Å². The summed E-state index contributed by atoms with van der Waals surface area (Å²) in [6, 6.07) is 7.54. The molecule has 0 aromatic heterocycles. The predicted octanol–water partition coefficient (Wildman–Crippen LogP) is 2.47. The summed E-state index contributed by atoms with van der Waals surface area (Å²) >= 11 is 0. The van der Waals surface area contributed by atoms with E-state index in [1.165, 1.54) is 25.7 Å². The molecule has 4 heteroatoms.